The minimum atomic E-state index is -1.09. The number of carbonyl (C=O) groups excluding carboxylic acids is 1. The Labute approximate surface area is 165 Å². The van der Waals surface area contributed by atoms with E-state index in [1.165, 1.54) is 11.1 Å². The molecule has 0 aliphatic rings. The lowest BCUT2D eigenvalue weighted by atomic mass is 10.0. The van der Waals surface area contributed by atoms with Gasteiger partial charge in [-0.15, -0.1) is 0 Å². The molecule has 0 saturated carbocycles. The molecule has 5 nitrogen and oxygen atoms in total. The van der Waals surface area contributed by atoms with Crippen LogP contribution in [0.25, 0.3) is 21.7 Å². The highest BCUT2D eigenvalue weighted by molar-refractivity contribution is 5.98. The number of nitrogens with zero attached hydrogens (tertiary/aromatic N) is 2. The fourth-order valence-electron chi connectivity index (χ4n) is 3.62. The number of aromatic amines is 1. The first-order valence-electron chi connectivity index (χ1n) is 9.10. The number of aromatic nitrogens is 2. The van der Waals surface area contributed by atoms with E-state index in [9.17, 15) is 18.4 Å². The molecule has 0 bridgehead atoms. The van der Waals surface area contributed by atoms with Gasteiger partial charge < -0.3 is 14.5 Å². The van der Waals surface area contributed by atoms with E-state index in [2.05, 4.69) is 4.98 Å². The lowest BCUT2D eigenvalue weighted by Crippen LogP contribution is -2.30. The van der Waals surface area contributed by atoms with Crippen LogP contribution < -0.4 is 5.56 Å². The van der Waals surface area contributed by atoms with Crippen LogP contribution in [0, 0.1) is 11.6 Å². The summed E-state index contributed by atoms with van der Waals surface area (Å²) in [5.41, 5.74) is 1.54. The van der Waals surface area contributed by atoms with Crippen molar-refractivity contribution in [2.45, 2.75) is 13.0 Å². The molecule has 1 unspecified atom stereocenters. The number of H-pyrrole nitrogens is 1. The van der Waals surface area contributed by atoms with Gasteiger partial charge in [0, 0.05) is 43.0 Å². The fraction of sp³-hybridized carbons (Fsp3) is 0.182. The Morgan fingerprint density at radius 3 is 2.52 bits per heavy atom. The second-order valence-electron chi connectivity index (χ2n) is 7.18. The van der Waals surface area contributed by atoms with Gasteiger partial charge in [0.15, 0.2) is 11.6 Å². The number of hydrogen-bond acceptors (Lipinski definition) is 2. The number of fused-ring (bicyclic) bond motifs is 2. The number of aryl methyl sites for hydroxylation is 1. The summed E-state index contributed by atoms with van der Waals surface area (Å²) in [5, 5.41) is 1.27. The number of amides is 1. The number of rotatable bonds is 3. The van der Waals surface area contributed by atoms with Crippen LogP contribution in [0.5, 0.6) is 0 Å². The smallest absolute Gasteiger partial charge is 0.255 e. The molecular weight excluding hydrogens is 376 g/mol. The molecule has 0 spiro atoms. The van der Waals surface area contributed by atoms with Crippen molar-refractivity contribution in [1.29, 1.82) is 0 Å². The first kappa shape index (κ1) is 18.9. The summed E-state index contributed by atoms with van der Waals surface area (Å²) in [5.74, 6) is -2.35. The van der Waals surface area contributed by atoms with E-state index in [0.29, 0.717) is 11.1 Å². The van der Waals surface area contributed by atoms with Crippen molar-refractivity contribution in [2.75, 3.05) is 7.05 Å². The minimum absolute atomic E-state index is 0.0415. The maximum Gasteiger partial charge on any atom is 0.255 e. The van der Waals surface area contributed by atoms with Crippen molar-refractivity contribution in [3.8, 4) is 0 Å². The summed E-state index contributed by atoms with van der Waals surface area (Å²) >= 11 is 0. The Morgan fingerprint density at radius 1 is 1.10 bits per heavy atom. The molecule has 148 valence electrons. The summed E-state index contributed by atoms with van der Waals surface area (Å²) in [4.78, 5) is 29.1. The predicted octanol–water partition coefficient (Wildman–Crippen LogP) is 4.13. The Bertz CT molecular complexity index is 1320. The fourth-order valence-corrected chi connectivity index (χ4v) is 3.62. The molecule has 0 aliphatic heterocycles. The second kappa shape index (κ2) is 6.84. The van der Waals surface area contributed by atoms with Gasteiger partial charge in [-0.25, -0.2) is 8.78 Å². The third-order valence-electron chi connectivity index (χ3n) is 5.46. The zero-order valence-electron chi connectivity index (χ0n) is 16.2. The van der Waals surface area contributed by atoms with E-state index in [-0.39, 0.29) is 16.7 Å². The third-order valence-corrected chi connectivity index (χ3v) is 5.46. The highest BCUT2D eigenvalue weighted by Gasteiger charge is 2.22. The van der Waals surface area contributed by atoms with Crippen LogP contribution in [0.4, 0.5) is 8.78 Å². The van der Waals surface area contributed by atoms with Crippen molar-refractivity contribution >= 4 is 27.6 Å². The van der Waals surface area contributed by atoms with Crippen LogP contribution in [0.2, 0.25) is 0 Å². The highest BCUT2D eigenvalue weighted by Crippen LogP contribution is 2.28. The van der Waals surface area contributed by atoms with Crippen molar-refractivity contribution in [3.05, 3.63) is 81.9 Å². The second-order valence-corrected chi connectivity index (χ2v) is 7.18. The van der Waals surface area contributed by atoms with Gasteiger partial charge in [0.1, 0.15) is 0 Å². The molecule has 0 saturated heterocycles. The van der Waals surface area contributed by atoms with Crippen LogP contribution in [0.1, 0.15) is 28.9 Å². The molecule has 2 aromatic carbocycles. The quantitative estimate of drug-likeness (QED) is 0.567. The molecule has 1 amide bonds. The van der Waals surface area contributed by atoms with Crippen LogP contribution in [-0.4, -0.2) is 27.4 Å². The van der Waals surface area contributed by atoms with Gasteiger partial charge in [0.2, 0.25) is 0 Å². The normalized spacial score (nSPS) is 12.4. The van der Waals surface area contributed by atoms with Gasteiger partial charge in [-0.2, -0.15) is 0 Å². The van der Waals surface area contributed by atoms with Crippen LogP contribution in [0.15, 0.2) is 53.6 Å². The Morgan fingerprint density at radius 2 is 1.79 bits per heavy atom. The van der Waals surface area contributed by atoms with Gasteiger partial charge in [-0.05, 0) is 54.3 Å². The van der Waals surface area contributed by atoms with Crippen molar-refractivity contribution < 1.29 is 13.6 Å². The number of benzene rings is 2. The van der Waals surface area contributed by atoms with E-state index in [1.807, 2.05) is 36.0 Å². The van der Waals surface area contributed by atoms with Crippen molar-refractivity contribution in [2.24, 2.45) is 7.05 Å². The van der Waals surface area contributed by atoms with E-state index in [1.54, 1.807) is 20.0 Å². The zero-order valence-corrected chi connectivity index (χ0v) is 16.2. The number of nitrogens with one attached hydrogen (secondary N) is 1. The van der Waals surface area contributed by atoms with Gasteiger partial charge in [0.05, 0.1) is 11.4 Å². The highest BCUT2D eigenvalue weighted by atomic mass is 19.2. The number of halogens is 2. The van der Waals surface area contributed by atoms with Crippen LogP contribution >= 0.6 is 0 Å². The van der Waals surface area contributed by atoms with Crippen molar-refractivity contribution in [3.63, 3.8) is 0 Å². The number of hydrogen-bond donors (Lipinski definition) is 1. The minimum Gasteiger partial charge on any atom is -0.351 e. The summed E-state index contributed by atoms with van der Waals surface area (Å²) in [6.07, 6.45) is 3.36. The predicted molar refractivity (Wildman–Crippen MR) is 108 cm³/mol. The molecule has 29 heavy (non-hydrogen) atoms. The SMILES string of the molecule is CC(c1c[nH]c(=O)c2cc(F)c(F)cc12)N(C)C(=O)c1ccc2c(ccn2C)c1. The Hall–Kier alpha value is -3.48. The summed E-state index contributed by atoms with van der Waals surface area (Å²) < 4.78 is 29.4. The van der Waals surface area contributed by atoms with E-state index in [0.717, 1.165) is 23.0 Å². The standard InChI is InChI=1S/C22H19F2N3O2/c1-12(17-11-25-21(28)16-10-19(24)18(23)9-15(16)17)27(3)22(29)14-4-5-20-13(8-14)6-7-26(20)2/h4-12H,1-3H3,(H,25,28). The molecule has 0 aliphatic carbocycles. The lowest BCUT2D eigenvalue weighted by molar-refractivity contribution is 0.0743. The molecule has 2 heterocycles. The monoisotopic (exact) mass is 395 g/mol. The average Bonchev–Trinajstić information content (AvgIpc) is 3.08. The Kier molecular flexibility index (Phi) is 4.45. The molecule has 2 aromatic heterocycles. The first-order valence-corrected chi connectivity index (χ1v) is 9.10. The van der Waals surface area contributed by atoms with Crippen molar-refractivity contribution in [1.82, 2.24) is 14.5 Å². The largest absolute Gasteiger partial charge is 0.351 e. The Balaban J connectivity index is 1.74. The maximum atomic E-state index is 13.8. The molecule has 4 rings (SSSR count). The molecule has 1 N–H and O–H groups in total. The number of carbonyl (C=O) groups is 1. The van der Waals surface area contributed by atoms with Crippen LogP contribution in [-0.2, 0) is 7.05 Å². The molecule has 1 atom stereocenters. The van der Waals surface area contributed by atoms with Gasteiger partial charge >= 0.3 is 0 Å². The molecule has 7 heteroatoms. The molecular formula is C22H19F2N3O2. The zero-order chi connectivity index (χ0) is 20.9. The number of pyridine rings is 1. The summed E-state index contributed by atoms with van der Waals surface area (Å²) in [6, 6.07) is 8.79. The lowest BCUT2D eigenvalue weighted by Gasteiger charge is -2.26. The van der Waals surface area contributed by atoms with Gasteiger partial charge in [0.25, 0.3) is 11.5 Å². The average molecular weight is 395 g/mol. The van der Waals surface area contributed by atoms with E-state index < -0.39 is 23.2 Å². The van der Waals surface area contributed by atoms with Gasteiger partial charge in [-0.1, -0.05) is 0 Å². The third kappa shape index (κ3) is 3.08. The van der Waals surface area contributed by atoms with Crippen LogP contribution in [0.3, 0.4) is 0 Å². The summed E-state index contributed by atoms with van der Waals surface area (Å²) in [6.45, 7) is 1.77. The summed E-state index contributed by atoms with van der Waals surface area (Å²) in [7, 11) is 3.57. The molecule has 0 radical (unpaired) electrons. The van der Waals surface area contributed by atoms with E-state index in [4.69, 9.17) is 0 Å². The molecule has 4 aromatic rings. The molecule has 0 fully saturated rings. The topological polar surface area (TPSA) is 58.1 Å². The van der Waals surface area contributed by atoms with E-state index >= 15 is 0 Å². The first-order chi connectivity index (χ1) is 13.8. The van der Waals surface area contributed by atoms with Gasteiger partial charge in [-0.3, -0.25) is 9.59 Å². The maximum absolute atomic E-state index is 13.8.